The molecular weight excluding hydrogens is 525 g/mol. The number of para-hydroxylation sites is 1. The van der Waals surface area contributed by atoms with Crippen molar-refractivity contribution in [3.05, 3.63) is 107 Å². The Labute approximate surface area is 233 Å². The van der Waals surface area contributed by atoms with Gasteiger partial charge in [0.2, 0.25) is 12.0 Å². The van der Waals surface area contributed by atoms with Crippen LogP contribution in [0.15, 0.2) is 84.0 Å². The number of aromatic nitrogens is 4. The number of pyridine rings is 1. The number of amides is 2. The fraction of sp³-hybridized carbons (Fsp3) is 0.133. The molecule has 0 fully saturated rings. The van der Waals surface area contributed by atoms with E-state index in [0.29, 0.717) is 33.7 Å². The SMILES string of the molecule is CCc1ccc(-c2nc3ccc(OC)nn3c2C(=O)N[C@H]2N=C(c3ccccc3)c3cccc(F)c3NC2=O)cn1. The van der Waals surface area contributed by atoms with Crippen LogP contribution in [0.4, 0.5) is 10.1 Å². The predicted molar refractivity (Wildman–Crippen MR) is 151 cm³/mol. The maximum Gasteiger partial charge on any atom is 0.274 e. The smallest absolute Gasteiger partial charge is 0.274 e. The number of carbonyl (C=O) groups excluding carboxylic acids is 2. The fourth-order valence-electron chi connectivity index (χ4n) is 4.62. The molecule has 4 heterocycles. The summed E-state index contributed by atoms with van der Waals surface area (Å²) in [5, 5.41) is 9.70. The lowest BCUT2D eigenvalue weighted by molar-refractivity contribution is -0.117. The highest BCUT2D eigenvalue weighted by molar-refractivity contribution is 6.20. The Hall–Kier alpha value is -5.45. The molecule has 204 valence electrons. The van der Waals surface area contributed by atoms with Gasteiger partial charge in [-0.25, -0.2) is 18.9 Å². The van der Waals surface area contributed by atoms with E-state index < -0.39 is 23.8 Å². The number of rotatable bonds is 6. The third-order valence-electron chi connectivity index (χ3n) is 6.68. The maximum atomic E-state index is 14.9. The second kappa shape index (κ2) is 10.6. The summed E-state index contributed by atoms with van der Waals surface area (Å²) in [6.07, 6.45) is 0.992. The van der Waals surface area contributed by atoms with Gasteiger partial charge in [0.1, 0.15) is 11.5 Å². The van der Waals surface area contributed by atoms with Crippen LogP contribution in [0.3, 0.4) is 0 Å². The zero-order chi connectivity index (χ0) is 28.5. The van der Waals surface area contributed by atoms with Crippen LogP contribution in [-0.2, 0) is 11.2 Å². The third kappa shape index (κ3) is 4.78. The number of benzodiazepines with no additional fused rings is 1. The zero-order valence-corrected chi connectivity index (χ0v) is 22.1. The standard InChI is InChI=1S/C30H24FN7O3/c1-3-19-13-12-18(16-32-19)25-27(38-22(33-25)14-15-23(37-38)41-2)29(39)36-28-30(40)35-26-20(10-7-11-21(26)31)24(34-28)17-8-5-4-6-9-17/h4-16,28H,3H2,1-2H3,(H,35,40)(H,36,39)/t28-/m1/s1. The number of ether oxygens (including phenoxy) is 1. The number of halogens is 1. The molecule has 0 saturated carbocycles. The molecular formula is C30H24FN7O3. The van der Waals surface area contributed by atoms with Crippen molar-refractivity contribution in [2.45, 2.75) is 19.5 Å². The van der Waals surface area contributed by atoms with E-state index in [-0.39, 0.29) is 17.3 Å². The Balaban J connectivity index is 1.46. The summed E-state index contributed by atoms with van der Waals surface area (Å²) >= 11 is 0. The Morgan fingerprint density at radius 3 is 2.61 bits per heavy atom. The van der Waals surface area contributed by atoms with Gasteiger partial charge in [-0.1, -0.05) is 49.4 Å². The van der Waals surface area contributed by atoms with Crippen LogP contribution in [-0.4, -0.2) is 50.4 Å². The topological polar surface area (TPSA) is 123 Å². The van der Waals surface area contributed by atoms with Crippen molar-refractivity contribution in [1.29, 1.82) is 0 Å². The van der Waals surface area contributed by atoms with E-state index in [2.05, 4.69) is 30.7 Å². The van der Waals surface area contributed by atoms with E-state index in [1.807, 2.05) is 37.3 Å². The molecule has 1 aliphatic rings. The van der Waals surface area contributed by atoms with E-state index >= 15 is 0 Å². The fourth-order valence-corrected chi connectivity index (χ4v) is 4.62. The van der Waals surface area contributed by atoms with Crippen LogP contribution in [0.5, 0.6) is 5.88 Å². The van der Waals surface area contributed by atoms with E-state index in [0.717, 1.165) is 12.1 Å². The second-order valence-electron chi connectivity index (χ2n) is 9.22. The number of fused-ring (bicyclic) bond motifs is 2. The van der Waals surface area contributed by atoms with Crippen molar-refractivity contribution in [3.8, 4) is 17.1 Å². The number of aryl methyl sites for hydroxylation is 1. The van der Waals surface area contributed by atoms with Crippen molar-refractivity contribution in [1.82, 2.24) is 24.9 Å². The Morgan fingerprint density at radius 1 is 1.05 bits per heavy atom. The first-order valence-electron chi connectivity index (χ1n) is 12.9. The molecule has 2 N–H and O–H groups in total. The van der Waals surface area contributed by atoms with Gasteiger partial charge in [-0.3, -0.25) is 14.6 Å². The molecule has 0 bridgehead atoms. The number of nitrogens with one attached hydrogen (secondary N) is 2. The van der Waals surface area contributed by atoms with Gasteiger partial charge in [-0.05, 0) is 30.7 Å². The number of imidazole rings is 1. The van der Waals surface area contributed by atoms with Crippen molar-refractivity contribution in [3.63, 3.8) is 0 Å². The summed E-state index contributed by atoms with van der Waals surface area (Å²) < 4.78 is 21.5. The molecule has 5 aromatic rings. The highest BCUT2D eigenvalue weighted by Crippen LogP contribution is 2.28. The lowest BCUT2D eigenvalue weighted by Crippen LogP contribution is -2.43. The highest BCUT2D eigenvalue weighted by atomic mass is 19.1. The average Bonchev–Trinajstić information content (AvgIpc) is 3.32. The molecule has 1 aliphatic heterocycles. The van der Waals surface area contributed by atoms with Gasteiger partial charge in [-0.15, -0.1) is 5.10 Å². The number of carbonyl (C=O) groups is 2. The van der Waals surface area contributed by atoms with Crippen molar-refractivity contribution in [2.24, 2.45) is 4.99 Å². The molecule has 3 aromatic heterocycles. The number of hydrogen-bond donors (Lipinski definition) is 2. The minimum Gasteiger partial charge on any atom is -0.480 e. The largest absolute Gasteiger partial charge is 0.480 e. The van der Waals surface area contributed by atoms with Gasteiger partial charge >= 0.3 is 0 Å². The normalized spacial score (nSPS) is 14.6. The Morgan fingerprint density at radius 2 is 1.88 bits per heavy atom. The molecule has 0 saturated heterocycles. The highest BCUT2D eigenvalue weighted by Gasteiger charge is 2.31. The van der Waals surface area contributed by atoms with E-state index in [4.69, 9.17) is 4.74 Å². The minimum absolute atomic E-state index is 0.0131. The first-order chi connectivity index (χ1) is 20.0. The van der Waals surface area contributed by atoms with Gasteiger partial charge in [0.05, 0.1) is 18.5 Å². The van der Waals surface area contributed by atoms with Gasteiger partial charge in [0.15, 0.2) is 11.3 Å². The van der Waals surface area contributed by atoms with Crippen LogP contribution in [0.25, 0.3) is 16.9 Å². The van der Waals surface area contributed by atoms with Crippen LogP contribution < -0.4 is 15.4 Å². The molecule has 11 heteroatoms. The summed E-state index contributed by atoms with van der Waals surface area (Å²) in [5.74, 6) is -1.73. The van der Waals surface area contributed by atoms with Crippen LogP contribution in [0, 0.1) is 5.82 Å². The number of aliphatic imine (C=N–C) groups is 1. The van der Waals surface area contributed by atoms with Gasteiger partial charge < -0.3 is 15.4 Å². The number of anilines is 1. The summed E-state index contributed by atoms with van der Waals surface area (Å²) in [5.41, 5.74) is 3.61. The lowest BCUT2D eigenvalue weighted by atomic mass is 10.0. The molecule has 0 spiro atoms. The average molecular weight is 550 g/mol. The van der Waals surface area contributed by atoms with Gasteiger partial charge in [-0.2, -0.15) is 0 Å². The van der Waals surface area contributed by atoms with E-state index in [1.54, 1.807) is 42.6 Å². The molecule has 0 radical (unpaired) electrons. The quantitative estimate of drug-likeness (QED) is 0.330. The number of hydrogen-bond acceptors (Lipinski definition) is 7. The number of nitrogens with zero attached hydrogens (tertiary/aromatic N) is 5. The van der Waals surface area contributed by atoms with Crippen molar-refractivity contribution >= 4 is 28.9 Å². The summed E-state index contributed by atoms with van der Waals surface area (Å²) in [7, 11) is 1.46. The Bertz CT molecular complexity index is 1820. The third-order valence-corrected chi connectivity index (χ3v) is 6.68. The van der Waals surface area contributed by atoms with Crippen molar-refractivity contribution < 1.29 is 18.7 Å². The van der Waals surface area contributed by atoms with Crippen LogP contribution in [0.1, 0.15) is 34.2 Å². The molecule has 2 aromatic carbocycles. The van der Waals surface area contributed by atoms with Gasteiger partial charge in [0, 0.05) is 34.6 Å². The molecule has 0 unspecified atom stereocenters. The van der Waals surface area contributed by atoms with E-state index in [9.17, 15) is 14.0 Å². The first kappa shape index (κ1) is 25.8. The minimum atomic E-state index is -1.39. The predicted octanol–water partition coefficient (Wildman–Crippen LogP) is 4.05. The molecule has 41 heavy (non-hydrogen) atoms. The number of methoxy groups -OCH3 is 1. The van der Waals surface area contributed by atoms with Crippen LogP contribution in [0.2, 0.25) is 0 Å². The van der Waals surface area contributed by atoms with Crippen LogP contribution >= 0.6 is 0 Å². The summed E-state index contributed by atoms with van der Waals surface area (Å²) in [4.78, 5) is 41.0. The summed E-state index contributed by atoms with van der Waals surface area (Å²) in [6, 6.07) is 20.5. The molecule has 10 nitrogen and oxygen atoms in total. The lowest BCUT2D eigenvalue weighted by Gasteiger charge is -2.14. The summed E-state index contributed by atoms with van der Waals surface area (Å²) in [6.45, 7) is 1.99. The maximum absolute atomic E-state index is 14.9. The molecule has 2 amide bonds. The van der Waals surface area contributed by atoms with Gasteiger partial charge in [0.25, 0.3) is 11.8 Å². The molecule has 0 aliphatic carbocycles. The van der Waals surface area contributed by atoms with Crippen molar-refractivity contribution in [2.75, 3.05) is 12.4 Å². The molecule has 6 rings (SSSR count). The second-order valence-corrected chi connectivity index (χ2v) is 9.22. The Kier molecular flexibility index (Phi) is 6.68. The molecule has 1 atom stereocenters. The first-order valence-corrected chi connectivity index (χ1v) is 12.9. The zero-order valence-electron chi connectivity index (χ0n) is 22.1. The van der Waals surface area contributed by atoms with E-state index in [1.165, 1.54) is 17.7 Å². The monoisotopic (exact) mass is 549 g/mol. The number of benzene rings is 2.